The predicted octanol–water partition coefficient (Wildman–Crippen LogP) is 3.27. The van der Waals surface area contributed by atoms with Gasteiger partial charge in [-0.2, -0.15) is 18.3 Å². The fraction of sp³-hybridized carbons (Fsp3) is 0.533. The molecule has 2 heterocycles. The van der Waals surface area contributed by atoms with Gasteiger partial charge in [-0.3, -0.25) is 4.68 Å². The lowest BCUT2D eigenvalue weighted by Gasteiger charge is -2.16. The molecule has 0 aliphatic rings. The first-order chi connectivity index (χ1) is 11.6. The summed E-state index contributed by atoms with van der Waals surface area (Å²) in [4.78, 5) is 11.9. The molecule has 2 amide bonds. The molecule has 0 aromatic carbocycles. The highest BCUT2D eigenvalue weighted by Gasteiger charge is 2.35. The van der Waals surface area contributed by atoms with Crippen LogP contribution in [0.4, 0.5) is 23.7 Å². The number of urea groups is 1. The summed E-state index contributed by atoms with van der Waals surface area (Å²) >= 11 is 0. The highest BCUT2D eigenvalue weighted by atomic mass is 19.4. The lowest BCUT2D eigenvalue weighted by molar-refractivity contribution is -0.144. The van der Waals surface area contributed by atoms with Crippen molar-refractivity contribution >= 4 is 11.7 Å². The number of rotatable bonds is 5. The first-order valence-electron chi connectivity index (χ1n) is 7.67. The first-order valence-corrected chi connectivity index (χ1v) is 7.67. The molecule has 0 aliphatic heterocycles. The van der Waals surface area contributed by atoms with E-state index in [9.17, 15) is 18.0 Å². The van der Waals surface area contributed by atoms with E-state index in [1.165, 1.54) is 6.92 Å². The molecule has 2 N–H and O–H groups in total. The molecular weight excluding hydrogens is 339 g/mol. The molecule has 0 spiro atoms. The monoisotopic (exact) mass is 359 g/mol. The van der Waals surface area contributed by atoms with Crippen LogP contribution in [0.1, 0.15) is 29.8 Å². The van der Waals surface area contributed by atoms with Crippen LogP contribution < -0.4 is 10.6 Å². The highest BCUT2D eigenvalue weighted by Crippen LogP contribution is 2.30. The van der Waals surface area contributed by atoms with E-state index in [0.717, 1.165) is 10.7 Å². The van der Waals surface area contributed by atoms with Crippen molar-refractivity contribution in [2.75, 3.05) is 11.9 Å². The van der Waals surface area contributed by atoms with E-state index >= 15 is 0 Å². The molecule has 1 atom stereocenters. The molecule has 0 bridgehead atoms. The van der Waals surface area contributed by atoms with E-state index in [4.69, 9.17) is 4.52 Å². The van der Waals surface area contributed by atoms with Crippen molar-refractivity contribution in [3.63, 3.8) is 0 Å². The van der Waals surface area contributed by atoms with E-state index in [1.807, 2.05) is 0 Å². The number of carbonyl (C=O) groups is 1. The number of carbonyl (C=O) groups excluding carboxylic acids is 1. The summed E-state index contributed by atoms with van der Waals surface area (Å²) in [6.45, 7) is 6.81. The minimum atomic E-state index is -4.46. The molecule has 25 heavy (non-hydrogen) atoms. The summed E-state index contributed by atoms with van der Waals surface area (Å²) in [5.74, 6) is 0.221. The topological polar surface area (TPSA) is 85.0 Å². The Morgan fingerprint density at radius 1 is 1.36 bits per heavy atom. The number of alkyl halides is 3. The van der Waals surface area contributed by atoms with Crippen LogP contribution in [0.3, 0.4) is 0 Å². The summed E-state index contributed by atoms with van der Waals surface area (Å²) in [6, 6.07) is 0.526. The Labute approximate surface area is 142 Å². The number of aryl methyl sites for hydroxylation is 3. The van der Waals surface area contributed by atoms with E-state index in [-0.39, 0.29) is 19.0 Å². The van der Waals surface area contributed by atoms with Crippen molar-refractivity contribution in [2.24, 2.45) is 5.92 Å². The van der Waals surface area contributed by atoms with Gasteiger partial charge >= 0.3 is 12.2 Å². The molecule has 2 aromatic rings. The van der Waals surface area contributed by atoms with E-state index in [1.54, 1.807) is 20.8 Å². The summed E-state index contributed by atoms with van der Waals surface area (Å²) in [5, 5.41) is 12.8. The van der Waals surface area contributed by atoms with Gasteiger partial charge in [-0.25, -0.2) is 4.79 Å². The van der Waals surface area contributed by atoms with Crippen LogP contribution in [0, 0.1) is 26.7 Å². The Balaban J connectivity index is 1.91. The maximum Gasteiger partial charge on any atom is 0.433 e. The Morgan fingerprint density at radius 2 is 2.04 bits per heavy atom. The molecular formula is C15H20F3N5O2. The van der Waals surface area contributed by atoms with E-state index < -0.39 is 17.9 Å². The Morgan fingerprint density at radius 3 is 2.60 bits per heavy atom. The first kappa shape index (κ1) is 18.8. The number of halogens is 3. The molecule has 0 unspecified atom stereocenters. The van der Waals surface area contributed by atoms with Crippen molar-refractivity contribution in [1.82, 2.24) is 20.3 Å². The fourth-order valence-electron chi connectivity index (χ4n) is 2.36. The third-order valence-electron chi connectivity index (χ3n) is 3.56. The van der Waals surface area contributed by atoms with Crippen molar-refractivity contribution < 1.29 is 22.5 Å². The van der Waals surface area contributed by atoms with Crippen molar-refractivity contribution in [1.29, 1.82) is 0 Å². The van der Waals surface area contributed by atoms with Gasteiger partial charge in [0.25, 0.3) is 0 Å². The second-order valence-electron chi connectivity index (χ2n) is 5.99. The van der Waals surface area contributed by atoms with Gasteiger partial charge in [0.2, 0.25) is 0 Å². The van der Waals surface area contributed by atoms with Crippen LogP contribution in [0.5, 0.6) is 0 Å². The minimum absolute atomic E-state index is 0.0360. The summed E-state index contributed by atoms with van der Waals surface area (Å²) in [5.41, 5.74) is 0.524. The summed E-state index contributed by atoms with van der Waals surface area (Å²) in [7, 11) is 0. The zero-order valence-corrected chi connectivity index (χ0v) is 14.4. The Kier molecular flexibility index (Phi) is 5.39. The van der Waals surface area contributed by atoms with Crippen molar-refractivity contribution in [3.05, 3.63) is 28.9 Å². The van der Waals surface area contributed by atoms with Gasteiger partial charge in [-0.05, 0) is 32.8 Å². The summed E-state index contributed by atoms with van der Waals surface area (Å²) in [6.07, 6.45) is -4.46. The second kappa shape index (κ2) is 7.16. The highest BCUT2D eigenvalue weighted by molar-refractivity contribution is 5.90. The average Bonchev–Trinajstić information content (AvgIpc) is 3.02. The van der Waals surface area contributed by atoms with Gasteiger partial charge in [-0.1, -0.05) is 12.1 Å². The smallest absolute Gasteiger partial charge is 0.359 e. The molecule has 2 aromatic heterocycles. The molecule has 10 heteroatoms. The number of nitrogens with one attached hydrogen (secondary N) is 2. The number of aromatic nitrogens is 3. The Hall–Kier alpha value is -2.52. The number of nitrogens with zero attached hydrogens (tertiary/aromatic N) is 3. The fourth-order valence-corrected chi connectivity index (χ4v) is 2.36. The number of hydrogen-bond donors (Lipinski definition) is 2. The van der Waals surface area contributed by atoms with Gasteiger partial charge in [0.15, 0.2) is 5.76 Å². The molecule has 2 rings (SSSR count). The van der Waals surface area contributed by atoms with Crippen molar-refractivity contribution in [2.45, 2.75) is 40.4 Å². The van der Waals surface area contributed by atoms with E-state index in [0.29, 0.717) is 22.8 Å². The van der Waals surface area contributed by atoms with Crippen molar-refractivity contribution in [3.8, 4) is 0 Å². The normalized spacial score (nSPS) is 12.9. The van der Waals surface area contributed by atoms with Crippen LogP contribution in [0.2, 0.25) is 0 Å². The molecule has 0 aliphatic carbocycles. The van der Waals surface area contributed by atoms with Crippen LogP contribution in [-0.4, -0.2) is 27.5 Å². The lowest BCUT2D eigenvalue weighted by Crippen LogP contribution is -2.34. The molecule has 0 fully saturated rings. The summed E-state index contributed by atoms with van der Waals surface area (Å²) < 4.78 is 44.7. The number of anilines is 1. The molecule has 0 radical (unpaired) electrons. The number of hydrogen-bond acceptors (Lipinski definition) is 4. The third kappa shape index (κ3) is 4.74. The molecule has 0 saturated carbocycles. The van der Waals surface area contributed by atoms with Crippen LogP contribution in [0.15, 0.2) is 10.6 Å². The predicted molar refractivity (Wildman–Crippen MR) is 84.1 cm³/mol. The third-order valence-corrected chi connectivity index (χ3v) is 3.56. The van der Waals surface area contributed by atoms with Gasteiger partial charge in [-0.15, -0.1) is 0 Å². The zero-order chi connectivity index (χ0) is 18.8. The van der Waals surface area contributed by atoms with Gasteiger partial charge in [0, 0.05) is 13.1 Å². The maximum absolute atomic E-state index is 13.0. The standard InChI is InChI=1S/C15H20F3N5O2/c1-8(7-23-12(15(16,17)18)5-9(2)21-23)6-19-14(24)20-13-10(3)22-25-11(13)4/h5,8H,6-7H2,1-4H3,(H2,19,20,24)/t8-/m0/s1. The lowest BCUT2D eigenvalue weighted by atomic mass is 10.2. The van der Waals surface area contributed by atoms with Crippen LogP contribution >= 0.6 is 0 Å². The maximum atomic E-state index is 13.0. The second-order valence-corrected chi connectivity index (χ2v) is 5.99. The minimum Gasteiger partial charge on any atom is -0.359 e. The SMILES string of the molecule is Cc1cc(C(F)(F)F)n(C[C@@H](C)CNC(=O)Nc2c(C)noc2C)n1. The molecule has 7 nitrogen and oxygen atoms in total. The van der Waals surface area contributed by atoms with Gasteiger partial charge in [0.05, 0.1) is 5.69 Å². The van der Waals surface area contributed by atoms with Crippen LogP contribution in [0.25, 0.3) is 0 Å². The number of amides is 2. The quantitative estimate of drug-likeness (QED) is 0.858. The Bertz CT molecular complexity index is 731. The van der Waals surface area contributed by atoms with Gasteiger partial charge < -0.3 is 15.2 Å². The average molecular weight is 359 g/mol. The van der Waals surface area contributed by atoms with E-state index in [2.05, 4.69) is 20.9 Å². The molecule has 0 saturated heterocycles. The van der Waals surface area contributed by atoms with Crippen LogP contribution in [-0.2, 0) is 12.7 Å². The largest absolute Gasteiger partial charge is 0.433 e. The zero-order valence-electron chi connectivity index (χ0n) is 14.4. The molecule has 138 valence electrons. The van der Waals surface area contributed by atoms with Gasteiger partial charge in [0.1, 0.15) is 17.1 Å².